The molecule has 1 aromatic carbocycles. The predicted octanol–water partition coefficient (Wildman–Crippen LogP) is 0.765. The highest BCUT2D eigenvalue weighted by atomic mass is 16.1. The Labute approximate surface area is 121 Å². The third-order valence-corrected chi connectivity index (χ3v) is 4.13. The molecule has 3 N–H and O–H groups in total. The van der Waals surface area contributed by atoms with Gasteiger partial charge in [0.05, 0.1) is 17.9 Å². The Balaban J connectivity index is 1.68. The maximum atomic E-state index is 11.5. The summed E-state index contributed by atoms with van der Waals surface area (Å²) in [5.74, 6) is 1.01. The number of rotatable bonds is 1. The number of carbonyl (C=O) groups excluding carboxylic acids is 1. The largest absolute Gasteiger partial charge is 0.397 e. The van der Waals surface area contributed by atoms with Crippen molar-refractivity contribution in [1.82, 2.24) is 14.8 Å². The fraction of sp³-hybridized carbons (Fsp3) is 0.357. The molecule has 2 aromatic rings. The van der Waals surface area contributed by atoms with Crippen molar-refractivity contribution in [3.8, 4) is 0 Å². The quantitative estimate of drug-likeness (QED) is 0.755. The smallest absolute Gasteiger partial charge is 0.224 e. The van der Waals surface area contributed by atoms with E-state index in [0.29, 0.717) is 18.7 Å². The molecule has 7 heteroatoms. The number of aryl methyl sites for hydroxylation is 1. The molecule has 0 atom stereocenters. The van der Waals surface area contributed by atoms with E-state index in [2.05, 4.69) is 31.0 Å². The van der Waals surface area contributed by atoms with Crippen molar-refractivity contribution in [2.24, 2.45) is 0 Å². The summed E-state index contributed by atoms with van der Waals surface area (Å²) in [5, 5.41) is 11.0. The maximum Gasteiger partial charge on any atom is 0.224 e. The van der Waals surface area contributed by atoms with Gasteiger partial charge in [-0.05, 0) is 24.1 Å². The van der Waals surface area contributed by atoms with Crippen LogP contribution in [0.5, 0.6) is 0 Å². The van der Waals surface area contributed by atoms with Crippen LogP contribution in [0.4, 0.5) is 17.1 Å². The molecule has 0 fully saturated rings. The standard InChI is InChI=1S/C14H16N6O/c15-10-6-11-9(1-2-14(21)17-11)5-12(10)19-3-4-20-8-16-18-13(20)7-19/h5-6,8H,1-4,7,15H2,(H,17,21). The second-order valence-corrected chi connectivity index (χ2v) is 5.48. The number of carbonyl (C=O) groups is 1. The molecule has 3 heterocycles. The van der Waals surface area contributed by atoms with Crippen LogP contribution in [0, 0.1) is 0 Å². The molecule has 1 aromatic heterocycles. The maximum absolute atomic E-state index is 11.5. The van der Waals surface area contributed by atoms with Crippen LogP contribution in [0.2, 0.25) is 0 Å². The Morgan fingerprint density at radius 1 is 1.24 bits per heavy atom. The van der Waals surface area contributed by atoms with Crippen molar-refractivity contribution in [2.75, 3.05) is 22.5 Å². The first-order chi connectivity index (χ1) is 10.2. The van der Waals surface area contributed by atoms with Gasteiger partial charge in [0.1, 0.15) is 6.33 Å². The number of anilines is 3. The van der Waals surface area contributed by atoms with Gasteiger partial charge in [0, 0.05) is 25.2 Å². The van der Waals surface area contributed by atoms with Gasteiger partial charge in [-0.15, -0.1) is 10.2 Å². The molecule has 7 nitrogen and oxygen atoms in total. The number of benzene rings is 1. The highest BCUT2D eigenvalue weighted by Gasteiger charge is 2.22. The third kappa shape index (κ3) is 2.01. The number of amides is 1. The summed E-state index contributed by atoms with van der Waals surface area (Å²) in [6.07, 6.45) is 3.06. The second-order valence-electron chi connectivity index (χ2n) is 5.48. The van der Waals surface area contributed by atoms with Gasteiger partial charge in [-0.2, -0.15) is 0 Å². The predicted molar refractivity (Wildman–Crippen MR) is 78.9 cm³/mol. The normalized spacial score (nSPS) is 17.1. The number of fused-ring (bicyclic) bond motifs is 2. The van der Waals surface area contributed by atoms with Crippen LogP contribution in [0.1, 0.15) is 17.8 Å². The fourth-order valence-corrected chi connectivity index (χ4v) is 2.98. The average Bonchev–Trinajstić information content (AvgIpc) is 2.93. The highest BCUT2D eigenvalue weighted by molar-refractivity contribution is 5.95. The molecule has 4 rings (SSSR count). The lowest BCUT2D eigenvalue weighted by molar-refractivity contribution is -0.116. The van der Waals surface area contributed by atoms with Gasteiger partial charge in [-0.3, -0.25) is 4.79 Å². The van der Waals surface area contributed by atoms with Crippen molar-refractivity contribution in [3.05, 3.63) is 29.8 Å². The van der Waals surface area contributed by atoms with E-state index >= 15 is 0 Å². The van der Waals surface area contributed by atoms with Gasteiger partial charge in [0.15, 0.2) is 5.82 Å². The van der Waals surface area contributed by atoms with E-state index in [1.54, 1.807) is 6.33 Å². The summed E-state index contributed by atoms with van der Waals surface area (Å²) in [6.45, 7) is 2.44. The van der Waals surface area contributed by atoms with E-state index in [-0.39, 0.29) is 5.91 Å². The number of nitrogens with two attached hydrogens (primary N) is 1. The van der Waals surface area contributed by atoms with Gasteiger partial charge < -0.3 is 20.5 Å². The molecule has 1 amide bonds. The Morgan fingerprint density at radius 3 is 3.05 bits per heavy atom. The summed E-state index contributed by atoms with van der Waals surface area (Å²) in [4.78, 5) is 13.7. The number of hydrogen-bond acceptors (Lipinski definition) is 5. The molecule has 0 bridgehead atoms. The lowest BCUT2D eigenvalue weighted by Crippen LogP contribution is -2.34. The summed E-state index contributed by atoms with van der Waals surface area (Å²) in [6, 6.07) is 3.96. The molecule has 2 aliphatic heterocycles. The molecule has 2 aliphatic rings. The van der Waals surface area contributed by atoms with Crippen LogP contribution in [-0.4, -0.2) is 27.2 Å². The zero-order chi connectivity index (χ0) is 14.4. The first-order valence-electron chi connectivity index (χ1n) is 7.04. The van der Waals surface area contributed by atoms with Gasteiger partial charge >= 0.3 is 0 Å². The van der Waals surface area contributed by atoms with Crippen molar-refractivity contribution >= 4 is 23.0 Å². The van der Waals surface area contributed by atoms with E-state index in [1.165, 1.54) is 0 Å². The highest BCUT2D eigenvalue weighted by Crippen LogP contribution is 2.34. The molecule has 0 radical (unpaired) electrons. The molecule has 108 valence electrons. The fourth-order valence-electron chi connectivity index (χ4n) is 2.98. The SMILES string of the molecule is Nc1cc2c(cc1N1CCn3cnnc3C1)CCC(=O)N2. The van der Waals surface area contributed by atoms with Crippen LogP contribution in [0.15, 0.2) is 18.5 Å². The number of hydrogen-bond donors (Lipinski definition) is 2. The van der Waals surface area contributed by atoms with Gasteiger partial charge in [-0.1, -0.05) is 0 Å². The average molecular weight is 284 g/mol. The molecule has 0 saturated carbocycles. The van der Waals surface area contributed by atoms with E-state index < -0.39 is 0 Å². The third-order valence-electron chi connectivity index (χ3n) is 4.13. The van der Waals surface area contributed by atoms with Crippen LogP contribution < -0.4 is 16.0 Å². The van der Waals surface area contributed by atoms with Crippen molar-refractivity contribution in [3.63, 3.8) is 0 Å². The number of nitrogen functional groups attached to an aromatic ring is 1. The van der Waals surface area contributed by atoms with Crippen LogP contribution in [0.25, 0.3) is 0 Å². The van der Waals surface area contributed by atoms with Crippen LogP contribution in [-0.2, 0) is 24.3 Å². The zero-order valence-corrected chi connectivity index (χ0v) is 11.5. The summed E-state index contributed by atoms with van der Waals surface area (Å²) < 4.78 is 2.06. The number of nitrogens with zero attached hydrogens (tertiary/aromatic N) is 4. The Kier molecular flexibility index (Phi) is 2.60. The van der Waals surface area contributed by atoms with E-state index in [4.69, 9.17) is 5.73 Å². The number of aromatic nitrogens is 3. The number of nitrogens with one attached hydrogen (secondary N) is 1. The first-order valence-corrected chi connectivity index (χ1v) is 7.04. The van der Waals surface area contributed by atoms with E-state index in [1.807, 2.05) is 6.07 Å². The monoisotopic (exact) mass is 284 g/mol. The molecular formula is C14H16N6O. The minimum Gasteiger partial charge on any atom is -0.397 e. The molecule has 0 unspecified atom stereocenters. The van der Waals surface area contributed by atoms with Gasteiger partial charge in [-0.25, -0.2) is 0 Å². The van der Waals surface area contributed by atoms with Crippen molar-refractivity contribution in [2.45, 2.75) is 25.9 Å². The van der Waals surface area contributed by atoms with Crippen LogP contribution >= 0.6 is 0 Å². The minimum atomic E-state index is 0.0562. The van der Waals surface area contributed by atoms with Crippen molar-refractivity contribution in [1.29, 1.82) is 0 Å². The molecule has 0 spiro atoms. The van der Waals surface area contributed by atoms with Crippen LogP contribution in [0.3, 0.4) is 0 Å². The van der Waals surface area contributed by atoms with Crippen molar-refractivity contribution < 1.29 is 4.79 Å². The van der Waals surface area contributed by atoms with E-state index in [0.717, 1.165) is 42.3 Å². The Bertz CT molecular complexity index is 722. The second kappa shape index (κ2) is 4.47. The van der Waals surface area contributed by atoms with Gasteiger partial charge in [0.25, 0.3) is 0 Å². The molecule has 0 aliphatic carbocycles. The molecule has 21 heavy (non-hydrogen) atoms. The lowest BCUT2D eigenvalue weighted by atomic mass is 10.0. The Hall–Kier alpha value is -2.57. The zero-order valence-electron chi connectivity index (χ0n) is 11.5. The molecular weight excluding hydrogens is 268 g/mol. The summed E-state index contributed by atoms with van der Waals surface area (Å²) in [7, 11) is 0. The van der Waals surface area contributed by atoms with E-state index in [9.17, 15) is 4.79 Å². The Morgan fingerprint density at radius 2 is 2.14 bits per heavy atom. The summed E-state index contributed by atoms with van der Waals surface area (Å²) >= 11 is 0. The first kappa shape index (κ1) is 12.2. The summed E-state index contributed by atoms with van der Waals surface area (Å²) in [5.41, 5.74) is 9.86. The topological polar surface area (TPSA) is 89.1 Å². The van der Waals surface area contributed by atoms with Gasteiger partial charge in [0.2, 0.25) is 5.91 Å². The molecule has 0 saturated heterocycles. The lowest BCUT2D eigenvalue weighted by Gasteiger charge is -2.31. The minimum absolute atomic E-state index is 0.0562.